The highest BCUT2D eigenvalue weighted by molar-refractivity contribution is 6.32. The molecule has 1 aromatic rings. The van der Waals surface area contributed by atoms with Crippen LogP contribution in [0, 0.1) is 0 Å². The molecule has 19 heavy (non-hydrogen) atoms. The first-order valence-electron chi connectivity index (χ1n) is 6.28. The molecule has 0 fully saturated rings. The molecule has 0 aliphatic rings. The van der Waals surface area contributed by atoms with Gasteiger partial charge in [-0.05, 0) is 20.3 Å². The molecular formula is C12H19ClN4O2. The summed E-state index contributed by atoms with van der Waals surface area (Å²) in [4.78, 5) is 19.8. The van der Waals surface area contributed by atoms with Crippen molar-refractivity contribution in [3.8, 4) is 0 Å². The molecule has 0 saturated heterocycles. The molecule has 1 aromatic heterocycles. The van der Waals surface area contributed by atoms with Gasteiger partial charge in [-0.2, -0.15) is 4.98 Å². The Morgan fingerprint density at radius 3 is 2.89 bits per heavy atom. The molecule has 0 bridgehead atoms. The van der Waals surface area contributed by atoms with E-state index in [1.54, 1.807) is 13.8 Å². The summed E-state index contributed by atoms with van der Waals surface area (Å²) in [6.45, 7) is 6.61. The molecule has 0 spiro atoms. The van der Waals surface area contributed by atoms with Gasteiger partial charge in [-0.25, -0.2) is 9.78 Å². The molecule has 2 N–H and O–H groups in total. The van der Waals surface area contributed by atoms with E-state index in [1.807, 2.05) is 6.92 Å². The molecule has 0 aliphatic heterocycles. The average Bonchev–Trinajstić information content (AvgIpc) is 2.39. The standard InChI is InChI=1S/C12H19ClN4O2/c1-4-6-14-12-15-7-9(13)10(17-12)16-8(3)11(18)19-5-2/h7-8H,4-6H2,1-3H3,(H2,14,15,16,17). The first kappa shape index (κ1) is 15.5. The Balaban J connectivity index is 2.73. The van der Waals surface area contributed by atoms with Gasteiger partial charge in [0.05, 0.1) is 12.8 Å². The summed E-state index contributed by atoms with van der Waals surface area (Å²) in [5, 5.41) is 6.33. The number of hydrogen-bond donors (Lipinski definition) is 2. The molecule has 1 atom stereocenters. The number of carbonyl (C=O) groups excluding carboxylic acids is 1. The number of aromatic nitrogens is 2. The van der Waals surface area contributed by atoms with E-state index in [9.17, 15) is 4.79 Å². The van der Waals surface area contributed by atoms with Crippen LogP contribution in [-0.2, 0) is 9.53 Å². The van der Waals surface area contributed by atoms with Gasteiger partial charge >= 0.3 is 5.97 Å². The zero-order chi connectivity index (χ0) is 14.3. The van der Waals surface area contributed by atoms with Gasteiger partial charge in [-0.15, -0.1) is 0 Å². The predicted octanol–water partition coefficient (Wildman–Crippen LogP) is 2.32. The van der Waals surface area contributed by atoms with Gasteiger partial charge < -0.3 is 15.4 Å². The van der Waals surface area contributed by atoms with E-state index < -0.39 is 6.04 Å². The van der Waals surface area contributed by atoms with E-state index in [-0.39, 0.29) is 5.97 Å². The second-order valence-corrected chi connectivity index (χ2v) is 4.34. The highest BCUT2D eigenvalue weighted by Crippen LogP contribution is 2.20. The summed E-state index contributed by atoms with van der Waals surface area (Å²) >= 11 is 5.99. The molecule has 0 amide bonds. The number of hydrogen-bond acceptors (Lipinski definition) is 6. The maximum absolute atomic E-state index is 11.5. The summed E-state index contributed by atoms with van der Waals surface area (Å²) in [6.07, 6.45) is 2.46. The molecule has 6 nitrogen and oxygen atoms in total. The van der Waals surface area contributed by atoms with Crippen molar-refractivity contribution in [1.82, 2.24) is 9.97 Å². The summed E-state index contributed by atoms with van der Waals surface area (Å²) in [6, 6.07) is -0.522. The number of carbonyl (C=O) groups is 1. The topological polar surface area (TPSA) is 76.1 Å². The van der Waals surface area contributed by atoms with Crippen LogP contribution < -0.4 is 10.6 Å². The third kappa shape index (κ3) is 4.90. The van der Waals surface area contributed by atoms with E-state index in [1.165, 1.54) is 6.20 Å². The largest absolute Gasteiger partial charge is 0.464 e. The maximum atomic E-state index is 11.5. The Morgan fingerprint density at radius 2 is 2.26 bits per heavy atom. The molecule has 1 rings (SSSR count). The van der Waals surface area contributed by atoms with Gasteiger partial charge in [-0.3, -0.25) is 0 Å². The number of esters is 1. The van der Waals surface area contributed by atoms with Gasteiger partial charge in [0, 0.05) is 6.54 Å². The fourth-order valence-electron chi connectivity index (χ4n) is 1.32. The molecule has 0 aromatic carbocycles. The van der Waals surface area contributed by atoms with Crippen LogP contribution in [0.1, 0.15) is 27.2 Å². The van der Waals surface area contributed by atoms with Gasteiger partial charge in [0.2, 0.25) is 5.95 Å². The van der Waals surface area contributed by atoms with Crippen molar-refractivity contribution in [1.29, 1.82) is 0 Å². The van der Waals surface area contributed by atoms with Crippen LogP contribution in [0.15, 0.2) is 6.20 Å². The van der Waals surface area contributed by atoms with Gasteiger partial charge in [-0.1, -0.05) is 18.5 Å². The Labute approximate surface area is 117 Å². The van der Waals surface area contributed by atoms with Gasteiger partial charge in [0.25, 0.3) is 0 Å². The van der Waals surface area contributed by atoms with Crippen LogP contribution in [0.25, 0.3) is 0 Å². The quantitative estimate of drug-likeness (QED) is 0.749. The van der Waals surface area contributed by atoms with Crippen LogP contribution in [0.3, 0.4) is 0 Å². The van der Waals surface area contributed by atoms with Crippen LogP contribution in [0.2, 0.25) is 5.02 Å². The third-order valence-electron chi connectivity index (χ3n) is 2.27. The SMILES string of the molecule is CCCNc1ncc(Cl)c(NC(C)C(=O)OCC)n1. The highest BCUT2D eigenvalue weighted by Gasteiger charge is 2.16. The number of nitrogens with one attached hydrogen (secondary N) is 2. The molecule has 1 heterocycles. The molecule has 7 heteroatoms. The minimum absolute atomic E-state index is 0.339. The summed E-state index contributed by atoms with van der Waals surface area (Å²) in [7, 11) is 0. The fourth-order valence-corrected chi connectivity index (χ4v) is 1.47. The molecule has 0 aliphatic carbocycles. The zero-order valence-electron chi connectivity index (χ0n) is 11.4. The monoisotopic (exact) mass is 286 g/mol. The van der Waals surface area contributed by atoms with Crippen LogP contribution >= 0.6 is 11.6 Å². The summed E-state index contributed by atoms with van der Waals surface area (Å²) in [5.41, 5.74) is 0. The third-order valence-corrected chi connectivity index (χ3v) is 2.55. The van der Waals surface area contributed by atoms with Gasteiger partial charge in [0.15, 0.2) is 5.82 Å². The molecule has 0 radical (unpaired) electrons. The Morgan fingerprint density at radius 1 is 1.53 bits per heavy atom. The average molecular weight is 287 g/mol. The van der Waals surface area contributed by atoms with Crippen molar-refractivity contribution in [3.63, 3.8) is 0 Å². The number of nitrogens with zero attached hydrogens (tertiary/aromatic N) is 2. The van der Waals surface area contributed by atoms with E-state index >= 15 is 0 Å². The van der Waals surface area contributed by atoms with Crippen molar-refractivity contribution < 1.29 is 9.53 Å². The second kappa shape index (κ2) is 7.78. The van der Waals surface area contributed by atoms with Crippen molar-refractivity contribution in [2.45, 2.75) is 33.2 Å². The van der Waals surface area contributed by atoms with Crippen molar-refractivity contribution in [3.05, 3.63) is 11.2 Å². The maximum Gasteiger partial charge on any atom is 0.328 e. The fraction of sp³-hybridized carbons (Fsp3) is 0.583. The predicted molar refractivity (Wildman–Crippen MR) is 75.5 cm³/mol. The van der Waals surface area contributed by atoms with Crippen molar-refractivity contribution >= 4 is 29.3 Å². The highest BCUT2D eigenvalue weighted by atomic mass is 35.5. The van der Waals surface area contributed by atoms with Crippen LogP contribution in [0.4, 0.5) is 11.8 Å². The van der Waals surface area contributed by atoms with E-state index in [0.717, 1.165) is 13.0 Å². The van der Waals surface area contributed by atoms with E-state index in [4.69, 9.17) is 16.3 Å². The lowest BCUT2D eigenvalue weighted by Crippen LogP contribution is -2.28. The lowest BCUT2D eigenvalue weighted by molar-refractivity contribution is -0.143. The van der Waals surface area contributed by atoms with E-state index in [0.29, 0.717) is 23.4 Å². The van der Waals surface area contributed by atoms with Crippen molar-refractivity contribution in [2.75, 3.05) is 23.8 Å². The normalized spacial score (nSPS) is 11.8. The minimum Gasteiger partial charge on any atom is -0.464 e. The second-order valence-electron chi connectivity index (χ2n) is 3.94. The molecule has 106 valence electrons. The number of halogens is 1. The molecule has 1 unspecified atom stereocenters. The minimum atomic E-state index is -0.522. The van der Waals surface area contributed by atoms with Crippen LogP contribution in [-0.4, -0.2) is 35.1 Å². The summed E-state index contributed by atoms with van der Waals surface area (Å²) < 4.78 is 4.91. The number of anilines is 2. The van der Waals surface area contributed by atoms with Crippen molar-refractivity contribution in [2.24, 2.45) is 0 Å². The Kier molecular flexibility index (Phi) is 6.35. The Bertz CT molecular complexity index is 428. The summed E-state index contributed by atoms with van der Waals surface area (Å²) in [5.74, 6) is 0.542. The molecular weight excluding hydrogens is 268 g/mol. The number of rotatable bonds is 7. The number of ether oxygens (including phenoxy) is 1. The Hall–Kier alpha value is -1.56. The first-order chi connectivity index (χ1) is 9.08. The lowest BCUT2D eigenvalue weighted by Gasteiger charge is -2.14. The smallest absolute Gasteiger partial charge is 0.328 e. The first-order valence-corrected chi connectivity index (χ1v) is 6.65. The van der Waals surface area contributed by atoms with Gasteiger partial charge in [0.1, 0.15) is 11.1 Å². The van der Waals surface area contributed by atoms with E-state index in [2.05, 4.69) is 20.6 Å². The zero-order valence-corrected chi connectivity index (χ0v) is 12.1. The van der Waals surface area contributed by atoms with Crippen LogP contribution in [0.5, 0.6) is 0 Å². The molecule has 0 saturated carbocycles. The lowest BCUT2D eigenvalue weighted by atomic mass is 10.3.